The Balaban J connectivity index is 2.68. The summed E-state index contributed by atoms with van der Waals surface area (Å²) < 4.78 is 21.4. The molecule has 0 radical (unpaired) electrons. The first-order valence-corrected chi connectivity index (χ1v) is 7.11. The van der Waals surface area contributed by atoms with Gasteiger partial charge in [0.05, 0.1) is 16.2 Å². The van der Waals surface area contributed by atoms with E-state index in [4.69, 9.17) is 10.9 Å². The Labute approximate surface area is 114 Å². The smallest absolute Gasteiger partial charge is 0.288 e. The number of amides is 1. The molecule has 1 rings (SSSR count). The first kappa shape index (κ1) is 15.8. The van der Waals surface area contributed by atoms with Crippen LogP contribution in [-0.4, -0.2) is 36.5 Å². The number of aromatic nitrogens is 1. The fourth-order valence-corrected chi connectivity index (χ4v) is 1.86. The third-order valence-electron chi connectivity index (χ3n) is 2.25. The Morgan fingerprint density at radius 2 is 2.15 bits per heavy atom. The Hall–Kier alpha value is -2.27. The molecule has 1 amide bonds. The Morgan fingerprint density at radius 1 is 1.50 bits per heavy atom. The van der Waals surface area contributed by atoms with Gasteiger partial charge in [-0.05, 0) is 6.42 Å². The van der Waals surface area contributed by atoms with Gasteiger partial charge >= 0.3 is 0 Å². The van der Waals surface area contributed by atoms with E-state index in [0.717, 1.165) is 12.3 Å². The summed E-state index contributed by atoms with van der Waals surface area (Å²) in [5.74, 6) is -1.11. The van der Waals surface area contributed by atoms with Gasteiger partial charge in [-0.2, -0.15) is 0 Å². The van der Waals surface area contributed by atoms with E-state index in [0.29, 0.717) is 0 Å². The van der Waals surface area contributed by atoms with Crippen molar-refractivity contribution in [2.24, 2.45) is 5.14 Å². The molecule has 0 aliphatic heterocycles. The second-order valence-corrected chi connectivity index (χ2v) is 5.59. The van der Waals surface area contributed by atoms with Crippen molar-refractivity contribution in [1.82, 2.24) is 10.3 Å². The van der Waals surface area contributed by atoms with Crippen LogP contribution in [0.1, 0.15) is 16.8 Å². The van der Waals surface area contributed by atoms with Gasteiger partial charge < -0.3 is 11.1 Å². The maximum atomic E-state index is 11.7. The van der Waals surface area contributed by atoms with Crippen molar-refractivity contribution in [2.45, 2.75) is 6.42 Å². The number of rotatable bonds is 6. The number of hydrogen-bond donors (Lipinski definition) is 3. The molecule has 20 heavy (non-hydrogen) atoms. The molecule has 11 heteroatoms. The summed E-state index contributed by atoms with van der Waals surface area (Å²) in [7, 11) is -3.59. The van der Waals surface area contributed by atoms with Gasteiger partial charge in [-0.3, -0.25) is 14.9 Å². The van der Waals surface area contributed by atoms with Gasteiger partial charge in [0.1, 0.15) is 12.0 Å². The van der Waals surface area contributed by atoms with Crippen molar-refractivity contribution >= 4 is 27.4 Å². The lowest BCUT2D eigenvalue weighted by Gasteiger charge is -2.06. The molecule has 1 aromatic heterocycles. The maximum Gasteiger partial charge on any atom is 0.288 e. The van der Waals surface area contributed by atoms with E-state index in [9.17, 15) is 23.3 Å². The molecule has 1 heterocycles. The minimum atomic E-state index is -3.59. The van der Waals surface area contributed by atoms with Crippen LogP contribution in [-0.2, 0) is 10.0 Å². The van der Waals surface area contributed by atoms with Gasteiger partial charge in [-0.1, -0.05) is 0 Å². The number of hydrogen-bond acceptors (Lipinski definition) is 7. The predicted octanol–water partition coefficient (Wildman–Crippen LogP) is -1.02. The standard InChI is InChI=1S/C9H13N5O5S/c10-8-7(4-6(5-13-8)14(16)17)9(15)12-2-1-3-20(11,18)19/h4-5H,1-3H2,(H2,10,13)(H,12,15)(H2,11,18,19). The van der Waals surface area contributed by atoms with E-state index in [-0.39, 0.29) is 35.8 Å². The molecule has 1 aromatic rings. The van der Waals surface area contributed by atoms with Crippen molar-refractivity contribution in [3.05, 3.63) is 27.9 Å². The van der Waals surface area contributed by atoms with Crippen LogP contribution in [0.2, 0.25) is 0 Å². The number of primary sulfonamides is 1. The largest absolute Gasteiger partial charge is 0.383 e. The van der Waals surface area contributed by atoms with Gasteiger partial charge in [-0.15, -0.1) is 0 Å². The van der Waals surface area contributed by atoms with Crippen molar-refractivity contribution in [3.8, 4) is 0 Å². The highest BCUT2D eigenvalue weighted by Gasteiger charge is 2.16. The summed E-state index contributed by atoms with van der Waals surface area (Å²) in [6.07, 6.45) is 1.06. The highest BCUT2D eigenvalue weighted by Crippen LogP contribution is 2.16. The predicted molar refractivity (Wildman–Crippen MR) is 70.2 cm³/mol. The molecular weight excluding hydrogens is 290 g/mol. The molecule has 0 saturated carbocycles. The summed E-state index contributed by atoms with van der Waals surface area (Å²) in [6, 6.07) is 0.997. The van der Waals surface area contributed by atoms with Crippen LogP contribution in [0.5, 0.6) is 0 Å². The molecule has 0 aliphatic rings. The first-order valence-electron chi connectivity index (χ1n) is 5.39. The topological polar surface area (TPSA) is 171 Å². The minimum absolute atomic E-state index is 0.0391. The molecule has 0 unspecified atom stereocenters. The monoisotopic (exact) mass is 303 g/mol. The Kier molecular flexibility index (Phi) is 4.94. The number of sulfonamides is 1. The summed E-state index contributed by atoms with van der Waals surface area (Å²) in [4.78, 5) is 25.1. The lowest BCUT2D eigenvalue weighted by atomic mass is 10.2. The molecule has 110 valence electrons. The molecule has 0 bridgehead atoms. The summed E-state index contributed by atoms with van der Waals surface area (Å²) >= 11 is 0. The quantitative estimate of drug-likeness (QED) is 0.342. The third-order valence-corrected chi connectivity index (χ3v) is 3.11. The minimum Gasteiger partial charge on any atom is -0.383 e. The second kappa shape index (κ2) is 6.25. The van der Waals surface area contributed by atoms with Crippen LogP contribution in [0.4, 0.5) is 11.5 Å². The lowest BCUT2D eigenvalue weighted by Crippen LogP contribution is -2.28. The number of carbonyl (C=O) groups excluding carboxylic acids is 1. The molecule has 0 atom stereocenters. The van der Waals surface area contributed by atoms with E-state index in [1.54, 1.807) is 0 Å². The average Bonchev–Trinajstić information content (AvgIpc) is 2.33. The summed E-state index contributed by atoms with van der Waals surface area (Å²) in [5.41, 5.74) is 4.94. The molecule has 5 N–H and O–H groups in total. The normalized spacial score (nSPS) is 11.1. The van der Waals surface area contributed by atoms with Gasteiger partial charge in [-0.25, -0.2) is 18.5 Å². The zero-order valence-corrected chi connectivity index (χ0v) is 11.1. The zero-order valence-electron chi connectivity index (χ0n) is 10.3. The fourth-order valence-electron chi connectivity index (χ4n) is 1.32. The molecule has 0 saturated heterocycles. The highest BCUT2D eigenvalue weighted by atomic mass is 32.2. The van der Waals surface area contributed by atoms with Crippen LogP contribution >= 0.6 is 0 Å². The highest BCUT2D eigenvalue weighted by molar-refractivity contribution is 7.89. The van der Waals surface area contributed by atoms with Crippen molar-refractivity contribution in [1.29, 1.82) is 0 Å². The van der Waals surface area contributed by atoms with Crippen molar-refractivity contribution in [3.63, 3.8) is 0 Å². The van der Waals surface area contributed by atoms with Crippen molar-refractivity contribution < 1.29 is 18.1 Å². The fraction of sp³-hybridized carbons (Fsp3) is 0.333. The zero-order chi connectivity index (χ0) is 15.3. The molecule has 0 aliphatic carbocycles. The molecule has 0 spiro atoms. The van der Waals surface area contributed by atoms with Crippen LogP contribution in [0.25, 0.3) is 0 Å². The average molecular weight is 303 g/mol. The van der Waals surface area contributed by atoms with Crippen LogP contribution in [0.15, 0.2) is 12.3 Å². The van der Waals surface area contributed by atoms with Gasteiger partial charge in [0.15, 0.2) is 0 Å². The summed E-state index contributed by atoms with van der Waals surface area (Å²) in [5, 5.41) is 17.7. The number of nitro groups is 1. The molecule has 0 aromatic carbocycles. The number of nitrogens with two attached hydrogens (primary N) is 2. The SMILES string of the molecule is Nc1ncc([N+](=O)[O-])cc1C(=O)NCCCS(N)(=O)=O. The van der Waals surface area contributed by atoms with E-state index in [1.807, 2.05) is 0 Å². The number of pyridine rings is 1. The molecule has 10 nitrogen and oxygen atoms in total. The maximum absolute atomic E-state index is 11.7. The lowest BCUT2D eigenvalue weighted by molar-refractivity contribution is -0.385. The number of carbonyl (C=O) groups is 1. The third kappa shape index (κ3) is 4.78. The van der Waals surface area contributed by atoms with Gasteiger partial charge in [0.25, 0.3) is 11.6 Å². The van der Waals surface area contributed by atoms with E-state index >= 15 is 0 Å². The second-order valence-electron chi connectivity index (χ2n) is 3.86. The Morgan fingerprint density at radius 3 is 2.70 bits per heavy atom. The van der Waals surface area contributed by atoms with Crippen molar-refractivity contribution in [2.75, 3.05) is 18.0 Å². The number of nitrogen functional groups attached to an aromatic ring is 1. The molecular formula is C9H13N5O5S. The Bertz CT molecular complexity index is 630. The number of nitrogens with one attached hydrogen (secondary N) is 1. The van der Waals surface area contributed by atoms with E-state index < -0.39 is 20.9 Å². The molecule has 0 fully saturated rings. The van der Waals surface area contributed by atoms with Crippen LogP contribution in [0, 0.1) is 10.1 Å². The first-order chi connectivity index (χ1) is 9.20. The number of nitrogens with zero attached hydrogens (tertiary/aromatic N) is 2. The summed E-state index contributed by atoms with van der Waals surface area (Å²) in [6.45, 7) is 0.0391. The number of anilines is 1. The van der Waals surface area contributed by atoms with Gasteiger partial charge in [0, 0.05) is 12.6 Å². The van der Waals surface area contributed by atoms with Crippen LogP contribution in [0.3, 0.4) is 0 Å². The van der Waals surface area contributed by atoms with E-state index in [1.165, 1.54) is 0 Å². The van der Waals surface area contributed by atoms with Gasteiger partial charge in [0.2, 0.25) is 10.0 Å². The van der Waals surface area contributed by atoms with E-state index in [2.05, 4.69) is 10.3 Å². The van der Waals surface area contributed by atoms with Crippen LogP contribution < -0.4 is 16.2 Å².